The predicted octanol–water partition coefficient (Wildman–Crippen LogP) is 7.11. The van der Waals surface area contributed by atoms with Gasteiger partial charge in [-0.3, -0.25) is 19.8 Å². The Morgan fingerprint density at radius 3 is 2.19 bits per heavy atom. The highest BCUT2D eigenvalue weighted by molar-refractivity contribution is 7.99. The van der Waals surface area contributed by atoms with Gasteiger partial charge in [-0.1, -0.05) is 59.8 Å². The maximum atomic E-state index is 13.5. The fourth-order valence-corrected chi connectivity index (χ4v) is 4.98. The fourth-order valence-electron chi connectivity index (χ4n) is 3.66. The number of thiocarbonyl (C=S) groups is 1. The lowest BCUT2D eigenvalue weighted by Crippen LogP contribution is -2.54. The second-order valence-corrected chi connectivity index (χ2v) is 9.90. The van der Waals surface area contributed by atoms with Crippen molar-refractivity contribution < 1.29 is 14.3 Å². The second-order valence-electron chi connectivity index (χ2n) is 7.96. The number of halogens is 1. The number of nitrogens with one attached hydrogen (secondary N) is 1. The third-order valence-corrected chi connectivity index (χ3v) is 7.07. The Balaban J connectivity index is 1.41. The van der Waals surface area contributed by atoms with Gasteiger partial charge in [0.1, 0.15) is 17.1 Å². The van der Waals surface area contributed by atoms with E-state index in [2.05, 4.69) is 5.32 Å². The van der Waals surface area contributed by atoms with Crippen LogP contribution in [0, 0.1) is 0 Å². The van der Waals surface area contributed by atoms with E-state index >= 15 is 0 Å². The normalized spacial score (nSPS) is 14.6. The van der Waals surface area contributed by atoms with Gasteiger partial charge < -0.3 is 4.74 Å². The molecule has 0 aromatic heterocycles. The first-order chi connectivity index (χ1) is 18.0. The molecular formula is C29H19ClN2O3S2. The van der Waals surface area contributed by atoms with Crippen LogP contribution in [0.4, 0.5) is 5.69 Å². The SMILES string of the molecule is O=C1NC(=S)N(c2ccc(Oc3ccccc3)cc2)C(=O)C1=Cc1ccccc1Sc1ccc(Cl)cc1. The number of para-hydroxylation sites is 1. The van der Waals surface area contributed by atoms with E-state index < -0.39 is 11.8 Å². The maximum absolute atomic E-state index is 13.5. The Morgan fingerprint density at radius 2 is 1.46 bits per heavy atom. The van der Waals surface area contributed by atoms with Crippen molar-refractivity contribution >= 4 is 64.3 Å². The van der Waals surface area contributed by atoms with E-state index in [-0.39, 0.29) is 10.7 Å². The third-order valence-electron chi connectivity index (χ3n) is 5.44. The molecule has 0 unspecified atom stereocenters. The van der Waals surface area contributed by atoms with Gasteiger partial charge >= 0.3 is 0 Å². The minimum Gasteiger partial charge on any atom is -0.457 e. The lowest BCUT2D eigenvalue weighted by Gasteiger charge is -2.29. The summed E-state index contributed by atoms with van der Waals surface area (Å²) in [5.41, 5.74) is 1.24. The standard InChI is InChI=1S/C29H19ClN2O3S2/c30-20-10-16-24(17-11-20)37-26-9-5-4-6-19(26)18-25-27(33)31-29(36)32(28(25)34)21-12-14-23(15-13-21)35-22-7-2-1-3-8-22/h1-18H,(H,31,33,36). The summed E-state index contributed by atoms with van der Waals surface area (Å²) >= 11 is 12.9. The molecule has 5 rings (SSSR count). The number of hydrogen-bond acceptors (Lipinski definition) is 5. The predicted molar refractivity (Wildman–Crippen MR) is 151 cm³/mol. The van der Waals surface area contributed by atoms with Gasteiger partial charge in [-0.25, -0.2) is 0 Å². The van der Waals surface area contributed by atoms with Crippen LogP contribution < -0.4 is 15.0 Å². The average Bonchev–Trinajstić information content (AvgIpc) is 2.90. The molecule has 4 aromatic rings. The van der Waals surface area contributed by atoms with E-state index in [4.69, 9.17) is 28.6 Å². The molecule has 0 spiro atoms. The van der Waals surface area contributed by atoms with Gasteiger partial charge in [0.15, 0.2) is 5.11 Å². The molecule has 1 N–H and O–H groups in total. The summed E-state index contributed by atoms with van der Waals surface area (Å²) in [6.07, 6.45) is 1.59. The number of rotatable bonds is 6. The van der Waals surface area contributed by atoms with E-state index in [9.17, 15) is 9.59 Å². The number of amides is 2. The molecule has 8 heteroatoms. The molecule has 0 bridgehead atoms. The van der Waals surface area contributed by atoms with Gasteiger partial charge in [0.05, 0.1) is 5.69 Å². The van der Waals surface area contributed by atoms with Crippen LogP contribution in [-0.4, -0.2) is 16.9 Å². The zero-order chi connectivity index (χ0) is 25.8. The van der Waals surface area contributed by atoms with Crippen molar-refractivity contribution in [1.29, 1.82) is 0 Å². The van der Waals surface area contributed by atoms with Crippen molar-refractivity contribution in [2.24, 2.45) is 0 Å². The van der Waals surface area contributed by atoms with E-state index in [0.29, 0.717) is 22.2 Å². The van der Waals surface area contributed by atoms with Gasteiger partial charge in [0.2, 0.25) is 0 Å². The number of anilines is 1. The molecule has 4 aromatic carbocycles. The number of carbonyl (C=O) groups is 2. The zero-order valence-corrected chi connectivity index (χ0v) is 21.6. The summed E-state index contributed by atoms with van der Waals surface area (Å²) in [4.78, 5) is 29.5. The molecule has 37 heavy (non-hydrogen) atoms. The van der Waals surface area contributed by atoms with Crippen LogP contribution in [0.2, 0.25) is 5.02 Å². The Morgan fingerprint density at radius 1 is 0.811 bits per heavy atom. The van der Waals surface area contributed by atoms with Gasteiger partial charge in [-0.05, 0) is 90.6 Å². The van der Waals surface area contributed by atoms with Gasteiger partial charge in [0.25, 0.3) is 11.8 Å². The summed E-state index contributed by atoms with van der Waals surface area (Å²) in [6, 6.07) is 31.4. The monoisotopic (exact) mass is 542 g/mol. The number of ether oxygens (including phenoxy) is 1. The zero-order valence-electron chi connectivity index (χ0n) is 19.3. The van der Waals surface area contributed by atoms with Crippen molar-refractivity contribution in [3.8, 4) is 11.5 Å². The summed E-state index contributed by atoms with van der Waals surface area (Å²) < 4.78 is 5.83. The molecule has 2 amide bonds. The van der Waals surface area contributed by atoms with Gasteiger partial charge in [-0.2, -0.15) is 0 Å². The molecule has 1 saturated heterocycles. The van der Waals surface area contributed by atoms with E-state index in [0.717, 1.165) is 15.4 Å². The highest BCUT2D eigenvalue weighted by atomic mass is 35.5. The molecule has 1 aliphatic rings. The molecular weight excluding hydrogens is 524 g/mol. The van der Waals surface area contributed by atoms with Crippen LogP contribution in [0.5, 0.6) is 11.5 Å². The summed E-state index contributed by atoms with van der Waals surface area (Å²) in [5.74, 6) is 0.268. The number of hydrogen-bond donors (Lipinski definition) is 1. The largest absolute Gasteiger partial charge is 0.457 e. The lowest BCUT2D eigenvalue weighted by atomic mass is 10.1. The van der Waals surface area contributed by atoms with E-state index in [1.54, 1.807) is 30.3 Å². The van der Waals surface area contributed by atoms with Crippen LogP contribution in [0.1, 0.15) is 5.56 Å². The molecule has 182 valence electrons. The molecule has 0 saturated carbocycles. The van der Waals surface area contributed by atoms with Gasteiger partial charge in [-0.15, -0.1) is 0 Å². The number of carbonyl (C=O) groups excluding carboxylic acids is 2. The van der Waals surface area contributed by atoms with Crippen molar-refractivity contribution in [3.63, 3.8) is 0 Å². The van der Waals surface area contributed by atoms with E-state index in [1.807, 2.05) is 78.9 Å². The highest BCUT2D eigenvalue weighted by Crippen LogP contribution is 2.33. The van der Waals surface area contributed by atoms with Crippen molar-refractivity contribution in [2.45, 2.75) is 9.79 Å². The van der Waals surface area contributed by atoms with Crippen LogP contribution in [0.15, 0.2) is 118 Å². The summed E-state index contributed by atoms with van der Waals surface area (Å²) in [6.45, 7) is 0. The number of benzene rings is 4. The Kier molecular flexibility index (Phi) is 7.37. The molecule has 0 radical (unpaired) electrons. The average molecular weight is 543 g/mol. The molecule has 0 aliphatic carbocycles. The van der Waals surface area contributed by atoms with Crippen LogP contribution in [0.3, 0.4) is 0 Å². The van der Waals surface area contributed by atoms with Crippen molar-refractivity contribution in [2.75, 3.05) is 4.90 Å². The highest BCUT2D eigenvalue weighted by Gasteiger charge is 2.34. The van der Waals surface area contributed by atoms with Gasteiger partial charge in [0, 0.05) is 14.8 Å². The van der Waals surface area contributed by atoms with Crippen molar-refractivity contribution in [1.82, 2.24) is 5.32 Å². The molecule has 1 aliphatic heterocycles. The van der Waals surface area contributed by atoms with Crippen LogP contribution in [0.25, 0.3) is 6.08 Å². The summed E-state index contributed by atoms with van der Waals surface area (Å²) in [7, 11) is 0. The second kappa shape index (κ2) is 11.0. The van der Waals surface area contributed by atoms with Crippen LogP contribution >= 0.6 is 35.6 Å². The first-order valence-electron chi connectivity index (χ1n) is 11.2. The molecule has 0 atom stereocenters. The fraction of sp³-hybridized carbons (Fsp3) is 0. The minimum absolute atomic E-state index is 0.0117. The van der Waals surface area contributed by atoms with Crippen LogP contribution in [-0.2, 0) is 9.59 Å². The smallest absolute Gasteiger partial charge is 0.270 e. The van der Waals surface area contributed by atoms with E-state index in [1.165, 1.54) is 16.7 Å². The van der Waals surface area contributed by atoms with Crippen molar-refractivity contribution in [3.05, 3.63) is 119 Å². The number of nitrogens with zero attached hydrogens (tertiary/aromatic N) is 1. The molecule has 5 nitrogen and oxygen atoms in total. The minimum atomic E-state index is -0.540. The Labute approximate surface area is 228 Å². The molecule has 1 heterocycles. The lowest BCUT2D eigenvalue weighted by molar-refractivity contribution is -0.122. The maximum Gasteiger partial charge on any atom is 0.270 e. The Hall–Kier alpha value is -3.91. The molecule has 1 fully saturated rings. The Bertz CT molecular complexity index is 1500. The first kappa shape index (κ1) is 24.8. The first-order valence-corrected chi connectivity index (χ1v) is 12.8. The summed E-state index contributed by atoms with van der Waals surface area (Å²) in [5, 5.41) is 3.31. The quantitative estimate of drug-likeness (QED) is 0.160. The third kappa shape index (κ3) is 5.75. The topological polar surface area (TPSA) is 58.6 Å².